The highest BCUT2D eigenvalue weighted by molar-refractivity contribution is 7.90. The van der Waals surface area contributed by atoms with Crippen LogP contribution in [-0.4, -0.2) is 96.3 Å². The molecule has 0 aliphatic carbocycles. The largest absolute Gasteiger partial charge is 0.365 e. The first kappa shape index (κ1) is 73.0. The van der Waals surface area contributed by atoms with Gasteiger partial charge in [0.1, 0.15) is 25.6 Å². The summed E-state index contributed by atoms with van der Waals surface area (Å²) < 4.78 is 23.8. The Bertz CT molecular complexity index is 5020. The summed E-state index contributed by atoms with van der Waals surface area (Å²) in [7, 11) is -3.71. The molecule has 6 N–H and O–H groups in total. The van der Waals surface area contributed by atoms with Gasteiger partial charge in [-0.3, -0.25) is 59.6 Å². The van der Waals surface area contributed by atoms with E-state index < -0.39 is 68.8 Å². The number of aromatic amines is 4. The van der Waals surface area contributed by atoms with Gasteiger partial charge in [-0.05, 0) is 64.1 Å². The Kier molecular flexibility index (Phi) is 23.8. The van der Waals surface area contributed by atoms with Crippen LogP contribution in [0.1, 0.15) is 27.7 Å². The summed E-state index contributed by atoms with van der Waals surface area (Å²) in [6, 6.07) is 8.04. The first-order valence-corrected chi connectivity index (χ1v) is 30.7. The van der Waals surface area contributed by atoms with E-state index in [-0.39, 0.29) is 134 Å². The first-order valence-electron chi connectivity index (χ1n) is 23.9. The average molecular weight is 1530 g/mol. The molecule has 10 aromatic rings. The number of anilines is 2. The van der Waals surface area contributed by atoms with Crippen molar-refractivity contribution in [2.24, 2.45) is 0 Å². The quantitative estimate of drug-likeness (QED) is 0.0444. The molecule has 0 unspecified atom stereocenters. The standard InChI is InChI=1S/C12H12Cl2N4O4S.C11H9Cl3N4O2.C8HCl4N3O2.C8H3Cl2N3O4.C8H4Cl2N2O2/c1-5(2)15-11-12(23(3,21)22)16-7-4-6(13)8(14)10(18(19)20)9(7)17-11;1-4(2)15-11-10(14)16-6-3-5(12)7(13)9(18(19)20)8(6)17-11;9-2-1-3-5(6(4(2)10)15(16)17)14-8(12)7(11)13-3;9-2-1-3-5(6(4(2)10)13(16)17)12-8(15)7(14)11-3;9-3-1-5-6(2-4(3)10)12-8(14)7(13)11-5/h4-5H,1-3H3,(H,15,17);3-4H,1-2H3,(H,15,17);1H;1H,(H,11,14)(H,12,15);1-2H,(H,11,13)(H,12,14). The third-order valence-electron chi connectivity index (χ3n) is 10.9. The van der Waals surface area contributed by atoms with Crippen molar-refractivity contribution in [3.8, 4) is 0 Å². The topological polar surface area (TPSA) is 440 Å². The second-order valence-corrected chi connectivity index (χ2v) is 25.1. The molecule has 44 heteroatoms. The van der Waals surface area contributed by atoms with Crippen molar-refractivity contribution in [3.63, 3.8) is 0 Å². The number of sulfone groups is 1. The van der Waals surface area contributed by atoms with Gasteiger partial charge in [0.15, 0.2) is 58.5 Å². The van der Waals surface area contributed by atoms with Gasteiger partial charge >= 0.3 is 45.0 Å². The number of benzene rings is 5. The predicted octanol–water partition coefficient (Wildman–Crippen LogP) is 14.5. The molecule has 5 heterocycles. The molecule has 0 spiro atoms. The summed E-state index contributed by atoms with van der Waals surface area (Å²) in [6.07, 6.45) is 0.973. The van der Waals surface area contributed by atoms with E-state index >= 15 is 0 Å². The molecule has 0 saturated carbocycles. The number of nitrogens with one attached hydrogen (secondary N) is 6. The molecule has 0 atom stereocenters. The zero-order chi connectivity index (χ0) is 68.3. The van der Waals surface area contributed by atoms with Crippen molar-refractivity contribution in [1.82, 2.24) is 49.8 Å². The Morgan fingerprint density at radius 1 is 0.407 bits per heavy atom. The molecule has 10 rings (SSSR count). The molecular weight excluding hydrogens is 1510 g/mol. The molecule has 30 nitrogen and oxygen atoms in total. The number of hydrogen-bond donors (Lipinski definition) is 6. The molecule has 5 aromatic heterocycles. The number of H-pyrrole nitrogens is 4. The van der Waals surface area contributed by atoms with Gasteiger partial charge in [-0.15, -0.1) is 0 Å². The van der Waals surface area contributed by atoms with Crippen LogP contribution in [0.2, 0.25) is 65.7 Å². The molecule has 478 valence electrons. The molecule has 0 bridgehead atoms. The lowest BCUT2D eigenvalue weighted by Crippen LogP contribution is -2.29. The van der Waals surface area contributed by atoms with Gasteiger partial charge in [0, 0.05) is 18.3 Å². The van der Waals surface area contributed by atoms with Crippen molar-refractivity contribution in [1.29, 1.82) is 0 Å². The van der Waals surface area contributed by atoms with Gasteiger partial charge in [-0.1, -0.05) is 151 Å². The number of fused-ring (bicyclic) bond motifs is 5. The van der Waals surface area contributed by atoms with Crippen LogP contribution < -0.4 is 32.9 Å². The van der Waals surface area contributed by atoms with Gasteiger partial charge in [0.25, 0.3) is 0 Å². The van der Waals surface area contributed by atoms with Gasteiger partial charge in [-0.25, -0.2) is 38.3 Å². The van der Waals surface area contributed by atoms with Crippen LogP contribution >= 0.6 is 151 Å². The third kappa shape index (κ3) is 17.0. The number of nitro groups is 4. The first-order chi connectivity index (χ1) is 42.2. The van der Waals surface area contributed by atoms with E-state index in [2.05, 4.69) is 60.5 Å². The number of aromatic nitrogens is 10. The second-order valence-electron chi connectivity index (χ2n) is 18.2. The summed E-state index contributed by atoms with van der Waals surface area (Å²) in [4.78, 5) is 118. The molecule has 0 aliphatic heterocycles. The molecule has 5 aromatic carbocycles. The lowest BCUT2D eigenvalue weighted by Gasteiger charge is -2.13. The van der Waals surface area contributed by atoms with Crippen molar-refractivity contribution >= 4 is 250 Å². The van der Waals surface area contributed by atoms with Gasteiger partial charge in [0.05, 0.1) is 82.9 Å². The molecule has 0 fully saturated rings. The molecule has 91 heavy (non-hydrogen) atoms. The Morgan fingerprint density at radius 2 is 0.714 bits per heavy atom. The fourth-order valence-corrected chi connectivity index (χ4v) is 10.4. The minimum atomic E-state index is -3.71. The Hall–Kier alpha value is -7.08. The zero-order valence-electron chi connectivity index (χ0n) is 45.1. The second kappa shape index (κ2) is 29.7. The zero-order valence-corrected chi connectivity index (χ0v) is 55.8. The SMILES string of the molecule is CC(C)Nc1nc2c([N+](=O)[O-])c(Cl)c(Cl)cc2nc1Cl.CC(C)Nc1nc2c([N+](=O)[O-])c(Cl)c(Cl)cc2nc1S(C)(=O)=O.O=[N+]([O-])c1c(Cl)c(Cl)cc2nc(Cl)c(Cl)nc12.O=c1[nH]c2cc(Cl)c(Cl)c([N+](=O)[O-])c2[nH]c1=O.O=c1[nH]c2cc(Cl)c(Cl)cc2[nH]c1=O. The van der Waals surface area contributed by atoms with E-state index in [9.17, 15) is 68.1 Å². The maximum absolute atomic E-state index is 11.9. The molecule has 0 aliphatic rings. The number of halogens is 13. The fraction of sp³-hybridized carbons (Fsp3) is 0.149. The minimum Gasteiger partial charge on any atom is -0.365 e. The van der Waals surface area contributed by atoms with Gasteiger partial charge in [-0.2, -0.15) is 0 Å². The normalized spacial score (nSPS) is 11.1. The minimum absolute atomic E-state index is 0.00134. The van der Waals surface area contributed by atoms with Gasteiger partial charge in [0.2, 0.25) is 0 Å². The van der Waals surface area contributed by atoms with Crippen molar-refractivity contribution in [2.75, 3.05) is 16.9 Å². The summed E-state index contributed by atoms with van der Waals surface area (Å²) in [6.45, 7) is 7.29. The van der Waals surface area contributed by atoms with Crippen LogP contribution in [-0.2, 0) is 9.84 Å². The summed E-state index contributed by atoms with van der Waals surface area (Å²) in [5.74, 6) is 0.187. The highest BCUT2D eigenvalue weighted by Gasteiger charge is 2.29. The van der Waals surface area contributed by atoms with Crippen LogP contribution in [0, 0.1) is 40.5 Å². The van der Waals surface area contributed by atoms with Crippen LogP contribution in [0.3, 0.4) is 0 Å². The summed E-state index contributed by atoms with van der Waals surface area (Å²) in [5.41, 5.74) is -4.31. The van der Waals surface area contributed by atoms with Crippen molar-refractivity contribution in [3.05, 3.63) is 184 Å². The monoisotopic (exact) mass is 1530 g/mol. The lowest BCUT2D eigenvalue weighted by atomic mass is 10.2. The van der Waals surface area contributed by atoms with Crippen LogP contribution in [0.4, 0.5) is 34.4 Å². The summed E-state index contributed by atoms with van der Waals surface area (Å²) >= 11 is 75.1. The molecule has 0 radical (unpaired) electrons. The van der Waals surface area contributed by atoms with Crippen LogP contribution in [0.5, 0.6) is 0 Å². The highest BCUT2D eigenvalue weighted by Crippen LogP contribution is 2.42. The van der Waals surface area contributed by atoms with E-state index in [0.717, 1.165) is 6.26 Å². The Balaban J connectivity index is 0.000000182. The van der Waals surface area contributed by atoms with E-state index in [4.69, 9.17) is 151 Å². The number of nitrogens with zero attached hydrogens (tertiary/aromatic N) is 10. The van der Waals surface area contributed by atoms with Crippen LogP contribution in [0.15, 0.2) is 60.6 Å². The van der Waals surface area contributed by atoms with Crippen molar-refractivity contribution in [2.45, 2.75) is 44.8 Å². The van der Waals surface area contributed by atoms with Crippen LogP contribution in [0.25, 0.3) is 55.2 Å². The van der Waals surface area contributed by atoms with E-state index in [0.29, 0.717) is 21.1 Å². The third-order valence-corrected chi connectivity index (χ3v) is 16.6. The lowest BCUT2D eigenvalue weighted by molar-refractivity contribution is -0.383. The average Bonchev–Trinajstić information content (AvgIpc) is 0.809. The molecule has 0 amide bonds. The number of rotatable bonds is 9. The van der Waals surface area contributed by atoms with Crippen molar-refractivity contribution < 1.29 is 28.1 Å². The number of hydrogen-bond acceptors (Lipinski definition) is 22. The maximum Gasteiger partial charge on any atom is 0.317 e. The number of nitro benzene ring substituents is 4. The highest BCUT2D eigenvalue weighted by atomic mass is 35.5. The van der Waals surface area contributed by atoms with Gasteiger partial charge < -0.3 is 30.6 Å². The smallest absolute Gasteiger partial charge is 0.317 e. The Morgan fingerprint density at radius 3 is 1.11 bits per heavy atom. The maximum atomic E-state index is 11.9. The van der Waals surface area contributed by atoms with E-state index in [1.807, 2.05) is 13.8 Å². The fourth-order valence-electron chi connectivity index (χ4n) is 7.25. The summed E-state index contributed by atoms with van der Waals surface area (Å²) in [5, 5.41) is 49.0. The predicted molar refractivity (Wildman–Crippen MR) is 351 cm³/mol. The molecule has 0 saturated heterocycles. The Labute approximate surface area is 569 Å². The van der Waals surface area contributed by atoms with E-state index in [1.54, 1.807) is 13.8 Å². The molecular formula is C47H29Cl13N16O14S. The van der Waals surface area contributed by atoms with E-state index in [1.165, 1.54) is 36.4 Å².